The third-order valence-corrected chi connectivity index (χ3v) is 2.32. The maximum atomic E-state index is 11.5. The first-order chi connectivity index (χ1) is 6.29. The molecular weight excluding hydrogens is 164 g/mol. The monoisotopic (exact) mass is 176 g/mol. The zero-order valence-corrected chi connectivity index (χ0v) is 7.60. The first-order valence-electron chi connectivity index (χ1n) is 4.38. The molecule has 2 rings (SSSR count). The maximum Gasteiger partial charge on any atom is 0.228 e. The molecule has 0 spiro atoms. The molecule has 13 heavy (non-hydrogen) atoms. The van der Waals surface area contributed by atoms with Crippen molar-refractivity contribution >= 4 is 5.71 Å². The van der Waals surface area contributed by atoms with Crippen molar-refractivity contribution in [3.8, 4) is 0 Å². The number of nitrogens with zero attached hydrogens (tertiary/aromatic N) is 2. The lowest BCUT2D eigenvalue weighted by molar-refractivity contribution is -0.619. The van der Waals surface area contributed by atoms with Crippen molar-refractivity contribution < 1.29 is 4.85 Å². The molecule has 1 heterocycles. The van der Waals surface area contributed by atoms with Gasteiger partial charge in [0.05, 0.1) is 20.0 Å². The molecule has 0 saturated heterocycles. The van der Waals surface area contributed by atoms with Gasteiger partial charge in [-0.25, -0.2) is 0 Å². The molecule has 0 atom stereocenters. The lowest BCUT2D eigenvalue weighted by atomic mass is 10.1. The van der Waals surface area contributed by atoms with Crippen LogP contribution in [0, 0.1) is 5.21 Å². The van der Waals surface area contributed by atoms with Crippen LogP contribution in [0.25, 0.3) is 0 Å². The molecule has 0 radical (unpaired) electrons. The SMILES string of the molecule is CN1CCC(c2ccccc2)=[N+]1[O-]. The summed E-state index contributed by atoms with van der Waals surface area (Å²) in [5.41, 5.74) is 1.89. The van der Waals surface area contributed by atoms with Gasteiger partial charge in [-0.3, -0.25) is 0 Å². The minimum absolute atomic E-state index is 0.813. The average Bonchev–Trinajstić information content (AvgIpc) is 2.49. The van der Waals surface area contributed by atoms with Crippen LogP contribution in [0.1, 0.15) is 12.0 Å². The molecular formula is C10H12N2O. The molecule has 0 fully saturated rings. The van der Waals surface area contributed by atoms with E-state index in [1.54, 1.807) is 5.01 Å². The lowest BCUT2D eigenvalue weighted by Crippen LogP contribution is -2.23. The van der Waals surface area contributed by atoms with E-state index in [1.807, 2.05) is 37.4 Å². The molecule has 3 nitrogen and oxygen atoms in total. The molecule has 0 unspecified atom stereocenters. The first kappa shape index (κ1) is 8.10. The quantitative estimate of drug-likeness (QED) is 0.476. The van der Waals surface area contributed by atoms with Gasteiger partial charge in [-0.05, 0) is 12.1 Å². The Labute approximate surface area is 77.5 Å². The smallest absolute Gasteiger partial charge is 0.228 e. The highest BCUT2D eigenvalue weighted by Crippen LogP contribution is 2.10. The Bertz CT molecular complexity index is 332. The lowest BCUT2D eigenvalue weighted by Gasteiger charge is -2.09. The first-order valence-corrected chi connectivity index (χ1v) is 4.38. The van der Waals surface area contributed by atoms with Crippen molar-refractivity contribution in [2.75, 3.05) is 13.6 Å². The fourth-order valence-electron chi connectivity index (χ4n) is 1.55. The van der Waals surface area contributed by atoms with Crippen molar-refractivity contribution in [2.24, 2.45) is 0 Å². The highest BCUT2D eigenvalue weighted by Gasteiger charge is 2.23. The van der Waals surface area contributed by atoms with Crippen molar-refractivity contribution in [1.29, 1.82) is 0 Å². The summed E-state index contributed by atoms with van der Waals surface area (Å²) in [7, 11) is 1.81. The van der Waals surface area contributed by atoms with E-state index in [1.165, 1.54) is 0 Å². The van der Waals surface area contributed by atoms with Crippen LogP contribution in [0.5, 0.6) is 0 Å². The molecule has 0 aromatic heterocycles. The molecule has 0 saturated carbocycles. The Morgan fingerprint density at radius 3 is 2.54 bits per heavy atom. The van der Waals surface area contributed by atoms with Gasteiger partial charge in [0.1, 0.15) is 0 Å². The van der Waals surface area contributed by atoms with E-state index in [9.17, 15) is 5.21 Å². The summed E-state index contributed by atoms with van der Waals surface area (Å²) in [6.07, 6.45) is 0.837. The second-order valence-corrected chi connectivity index (χ2v) is 3.22. The van der Waals surface area contributed by atoms with E-state index in [0.29, 0.717) is 0 Å². The highest BCUT2D eigenvalue weighted by molar-refractivity contribution is 5.97. The van der Waals surface area contributed by atoms with Crippen molar-refractivity contribution in [3.63, 3.8) is 0 Å². The second-order valence-electron chi connectivity index (χ2n) is 3.22. The number of hydrogen-bond donors (Lipinski definition) is 0. The molecule has 0 aliphatic carbocycles. The van der Waals surface area contributed by atoms with E-state index in [0.717, 1.165) is 29.1 Å². The van der Waals surface area contributed by atoms with Crippen LogP contribution < -0.4 is 0 Å². The molecule has 3 heteroatoms. The van der Waals surface area contributed by atoms with Crippen LogP contribution in [-0.2, 0) is 0 Å². The Kier molecular flexibility index (Phi) is 1.93. The van der Waals surface area contributed by atoms with Gasteiger partial charge < -0.3 is 5.21 Å². The summed E-state index contributed by atoms with van der Waals surface area (Å²) < 4.78 is 0. The van der Waals surface area contributed by atoms with Gasteiger partial charge in [-0.1, -0.05) is 23.0 Å². The minimum atomic E-state index is 0.813. The van der Waals surface area contributed by atoms with E-state index in [-0.39, 0.29) is 0 Å². The van der Waals surface area contributed by atoms with Gasteiger partial charge in [-0.15, -0.1) is 0 Å². The molecule has 1 aliphatic rings. The van der Waals surface area contributed by atoms with Crippen LogP contribution in [-0.4, -0.2) is 29.2 Å². The maximum absolute atomic E-state index is 11.5. The van der Waals surface area contributed by atoms with Crippen molar-refractivity contribution in [1.82, 2.24) is 5.01 Å². The Hall–Kier alpha value is -1.51. The Morgan fingerprint density at radius 1 is 1.31 bits per heavy atom. The van der Waals surface area contributed by atoms with Crippen LogP contribution in [0.4, 0.5) is 0 Å². The normalized spacial score (nSPS) is 16.8. The van der Waals surface area contributed by atoms with Gasteiger partial charge in [0.25, 0.3) is 0 Å². The van der Waals surface area contributed by atoms with Gasteiger partial charge in [0.15, 0.2) is 0 Å². The summed E-state index contributed by atoms with van der Waals surface area (Å²) in [6.45, 7) is 0.813. The number of hydrogen-bond acceptors (Lipinski definition) is 2. The Morgan fingerprint density at radius 2 is 2.00 bits per heavy atom. The predicted octanol–water partition coefficient (Wildman–Crippen LogP) is 1.24. The van der Waals surface area contributed by atoms with E-state index < -0.39 is 0 Å². The second kappa shape index (κ2) is 3.09. The number of rotatable bonds is 1. The molecule has 68 valence electrons. The van der Waals surface area contributed by atoms with Gasteiger partial charge in [0, 0.05) is 5.56 Å². The molecule has 0 bridgehead atoms. The fraction of sp³-hybridized carbons (Fsp3) is 0.300. The summed E-state index contributed by atoms with van der Waals surface area (Å²) in [5, 5.41) is 13.2. The molecule has 0 amide bonds. The van der Waals surface area contributed by atoms with Gasteiger partial charge in [-0.2, -0.15) is 5.01 Å². The number of benzene rings is 1. The van der Waals surface area contributed by atoms with Gasteiger partial charge in [0.2, 0.25) is 5.71 Å². The minimum Gasteiger partial charge on any atom is -0.596 e. The van der Waals surface area contributed by atoms with E-state index in [2.05, 4.69) is 0 Å². The Balaban J connectivity index is 2.38. The summed E-state index contributed by atoms with van der Waals surface area (Å²) in [6, 6.07) is 9.81. The van der Waals surface area contributed by atoms with Crippen LogP contribution in [0.15, 0.2) is 30.3 Å². The average molecular weight is 176 g/mol. The van der Waals surface area contributed by atoms with Crippen molar-refractivity contribution in [3.05, 3.63) is 41.1 Å². The molecule has 1 aromatic carbocycles. The van der Waals surface area contributed by atoms with Crippen LogP contribution >= 0.6 is 0 Å². The molecule has 1 aliphatic heterocycles. The summed E-state index contributed by atoms with van der Waals surface area (Å²) in [5.74, 6) is 0. The molecule has 0 N–H and O–H groups in total. The zero-order valence-electron chi connectivity index (χ0n) is 7.60. The van der Waals surface area contributed by atoms with Crippen LogP contribution in [0.3, 0.4) is 0 Å². The summed E-state index contributed by atoms with van der Waals surface area (Å²) in [4.78, 5) is 0.981. The van der Waals surface area contributed by atoms with Crippen molar-refractivity contribution in [2.45, 2.75) is 6.42 Å². The topological polar surface area (TPSA) is 29.3 Å². The number of hydrazone groups is 1. The predicted molar refractivity (Wildman–Crippen MR) is 51.4 cm³/mol. The third-order valence-electron chi connectivity index (χ3n) is 2.32. The highest BCUT2D eigenvalue weighted by atomic mass is 16.5. The fourth-order valence-corrected chi connectivity index (χ4v) is 1.55. The van der Waals surface area contributed by atoms with Crippen LogP contribution in [0.2, 0.25) is 0 Å². The third kappa shape index (κ3) is 1.37. The van der Waals surface area contributed by atoms with Gasteiger partial charge >= 0.3 is 0 Å². The van der Waals surface area contributed by atoms with E-state index >= 15 is 0 Å². The number of hydrazine groups is 1. The molecule has 1 aromatic rings. The summed E-state index contributed by atoms with van der Waals surface area (Å²) >= 11 is 0. The van der Waals surface area contributed by atoms with E-state index in [4.69, 9.17) is 0 Å². The zero-order chi connectivity index (χ0) is 9.26. The largest absolute Gasteiger partial charge is 0.596 e. The standard InChI is InChI=1S/C10H12N2O/c1-11-8-7-10(12(11)13)9-5-3-2-4-6-9/h2-6H,7-8H2,1H3.